The fourth-order valence-electron chi connectivity index (χ4n) is 4.40. The normalized spacial score (nSPS) is 15.2. The van der Waals surface area contributed by atoms with Crippen LogP contribution in [0.15, 0.2) is 41.3 Å². The average molecular weight is 538 g/mol. The van der Waals surface area contributed by atoms with E-state index in [2.05, 4.69) is 16.9 Å². The summed E-state index contributed by atoms with van der Waals surface area (Å²) in [5, 5.41) is 9.51. The largest absolute Gasteiger partial charge is 0.496 e. The fourth-order valence-corrected chi connectivity index (χ4v) is 4.84. The molecule has 0 atom stereocenters. The molecule has 0 aliphatic carbocycles. The van der Waals surface area contributed by atoms with Crippen LogP contribution in [0.1, 0.15) is 28.5 Å². The van der Waals surface area contributed by atoms with Crippen molar-refractivity contribution in [1.82, 2.24) is 20.0 Å². The van der Waals surface area contributed by atoms with E-state index in [0.717, 1.165) is 28.1 Å². The quantitative estimate of drug-likeness (QED) is 0.359. The highest BCUT2D eigenvalue weighted by Crippen LogP contribution is 2.44. The van der Waals surface area contributed by atoms with Gasteiger partial charge in [0.2, 0.25) is 0 Å². The molecule has 1 saturated heterocycles. The number of thioether (sulfide) groups is 1. The predicted octanol–water partition coefficient (Wildman–Crippen LogP) is 4.08. The Morgan fingerprint density at radius 3 is 2.82 bits per heavy atom. The molecular weight excluding hydrogens is 506 g/mol. The molecular formula is C27H31N5O5S. The van der Waals surface area contributed by atoms with Crippen molar-refractivity contribution >= 4 is 41.2 Å². The summed E-state index contributed by atoms with van der Waals surface area (Å²) in [6, 6.07) is 3.82. The van der Waals surface area contributed by atoms with Gasteiger partial charge in [-0.05, 0) is 36.3 Å². The van der Waals surface area contributed by atoms with Gasteiger partial charge in [0.15, 0.2) is 5.69 Å². The molecule has 1 fully saturated rings. The van der Waals surface area contributed by atoms with Crippen molar-refractivity contribution in [2.45, 2.75) is 13.5 Å². The second-order valence-electron chi connectivity index (χ2n) is 8.40. The number of methoxy groups -OCH3 is 1. The first-order valence-corrected chi connectivity index (χ1v) is 13.4. The molecule has 0 spiro atoms. The molecule has 0 radical (unpaired) electrons. The van der Waals surface area contributed by atoms with Crippen LogP contribution in [-0.4, -0.2) is 79.5 Å². The Labute approximate surface area is 226 Å². The summed E-state index contributed by atoms with van der Waals surface area (Å²) in [5.41, 5.74) is 4.86. The van der Waals surface area contributed by atoms with Crippen molar-refractivity contribution in [3.8, 4) is 22.8 Å². The van der Waals surface area contributed by atoms with Crippen LogP contribution in [0.3, 0.4) is 0 Å². The van der Waals surface area contributed by atoms with Crippen molar-refractivity contribution in [2.75, 3.05) is 46.7 Å². The summed E-state index contributed by atoms with van der Waals surface area (Å²) in [5.74, 6) is 0.914. The number of aromatic nitrogens is 2. The van der Waals surface area contributed by atoms with Crippen LogP contribution >= 0.6 is 11.8 Å². The fraction of sp³-hybridized carbons (Fsp3) is 0.333. The third-order valence-electron chi connectivity index (χ3n) is 6.22. The monoisotopic (exact) mass is 537 g/mol. The maximum absolute atomic E-state index is 13.3. The van der Waals surface area contributed by atoms with Crippen LogP contribution in [0.4, 0.5) is 4.79 Å². The number of hydrogen-bond acceptors (Lipinski definition) is 8. The summed E-state index contributed by atoms with van der Waals surface area (Å²) in [6.45, 7) is 7.54. The summed E-state index contributed by atoms with van der Waals surface area (Å²) in [7, 11) is 3.33. The van der Waals surface area contributed by atoms with Gasteiger partial charge in [0.1, 0.15) is 24.7 Å². The first-order valence-electron chi connectivity index (χ1n) is 12.1. The smallest absolute Gasteiger partial charge is 0.409 e. The number of nitrogens with one attached hydrogen (secondary N) is 1. The van der Waals surface area contributed by atoms with Crippen LogP contribution in [0, 0.1) is 0 Å². The lowest BCUT2D eigenvalue weighted by atomic mass is 9.96. The second-order valence-corrected chi connectivity index (χ2v) is 9.10. The number of benzene rings is 1. The van der Waals surface area contributed by atoms with Crippen molar-refractivity contribution in [3.05, 3.63) is 53.1 Å². The van der Waals surface area contributed by atoms with Gasteiger partial charge >= 0.3 is 6.09 Å². The lowest BCUT2D eigenvalue weighted by molar-refractivity contribution is 0.0941. The lowest BCUT2D eigenvalue weighted by Crippen LogP contribution is -2.36. The summed E-state index contributed by atoms with van der Waals surface area (Å²) < 4.78 is 18.5. The van der Waals surface area contributed by atoms with E-state index in [9.17, 15) is 9.59 Å². The number of amides is 2. The van der Waals surface area contributed by atoms with Gasteiger partial charge in [0, 0.05) is 49.1 Å². The third-order valence-corrected chi connectivity index (χ3v) is 6.70. The molecule has 2 aromatic rings. The molecule has 1 aromatic heterocycles. The number of aliphatic imine (C=N–C) groups is 1. The molecule has 0 saturated carbocycles. The number of allylic oxidation sites excluding steroid dienone is 4. The van der Waals surface area contributed by atoms with Crippen LogP contribution in [-0.2, 0) is 11.3 Å². The highest BCUT2D eigenvalue weighted by molar-refractivity contribution is 8.01. The van der Waals surface area contributed by atoms with E-state index in [1.54, 1.807) is 36.0 Å². The first-order chi connectivity index (χ1) is 18.5. The van der Waals surface area contributed by atoms with E-state index in [-0.39, 0.29) is 30.8 Å². The Kier molecular flexibility index (Phi) is 8.57. The molecule has 3 heterocycles. The maximum atomic E-state index is 13.3. The molecule has 200 valence electrons. The van der Waals surface area contributed by atoms with E-state index in [4.69, 9.17) is 19.3 Å². The van der Waals surface area contributed by atoms with Crippen molar-refractivity contribution < 1.29 is 23.8 Å². The molecule has 2 aliphatic heterocycles. The molecule has 11 heteroatoms. The Morgan fingerprint density at radius 1 is 1.37 bits per heavy atom. The van der Waals surface area contributed by atoms with Gasteiger partial charge in [-0.1, -0.05) is 12.7 Å². The van der Waals surface area contributed by atoms with E-state index in [0.29, 0.717) is 36.8 Å². The van der Waals surface area contributed by atoms with E-state index in [1.165, 1.54) is 11.8 Å². The Morgan fingerprint density at radius 2 is 2.18 bits per heavy atom. The zero-order chi connectivity index (χ0) is 27.2. The summed E-state index contributed by atoms with van der Waals surface area (Å²) >= 11 is 1.51. The van der Waals surface area contributed by atoms with E-state index >= 15 is 0 Å². The Bertz CT molecular complexity index is 1340. The van der Waals surface area contributed by atoms with Crippen molar-refractivity contribution in [2.24, 2.45) is 4.99 Å². The molecule has 10 nitrogen and oxygen atoms in total. The molecule has 4 rings (SSSR count). The average Bonchev–Trinajstić information content (AvgIpc) is 3.53. The van der Waals surface area contributed by atoms with Crippen LogP contribution in [0.2, 0.25) is 0 Å². The Balaban J connectivity index is 1.79. The molecule has 0 bridgehead atoms. The number of nitrogens with zero attached hydrogens (tertiary/aromatic N) is 4. The van der Waals surface area contributed by atoms with Gasteiger partial charge in [0.25, 0.3) is 5.91 Å². The first kappa shape index (κ1) is 27.1. The summed E-state index contributed by atoms with van der Waals surface area (Å²) in [4.78, 5) is 30.7. The maximum Gasteiger partial charge on any atom is 0.409 e. The minimum Gasteiger partial charge on any atom is -0.496 e. The number of cyclic esters (lactones) is 1. The number of hydrogen-bond donors (Lipinski definition) is 1. The van der Waals surface area contributed by atoms with Gasteiger partial charge in [0.05, 0.1) is 25.0 Å². The molecule has 0 unspecified atom stereocenters. The standard InChI is InChI=1S/C27H31N5O5S/c1-6-17(14-28-3)19-12-20-23(13-22(19)35-4)37-15-21-24(30-32(25(20)21)18(7-2)16-38-5)26(33)29-8-9-31-10-11-36-27(31)34/h6-7,12-14,16H,2,8-11,15H2,1,3-5H3,(H,29,33)/b17-6+,18-16+,28-14-. The minimum atomic E-state index is -0.372. The number of carbonyl (C=O) groups is 2. The number of carbonyl (C=O) groups excluding carboxylic acids is 2. The predicted molar refractivity (Wildman–Crippen MR) is 150 cm³/mol. The SMILES string of the molecule is C=C/C(=C\SC)n1nc(C(=O)NCCN2CCOC2=O)c2c1-c1cc(C(/C=N\C)=C/C)c(OC)cc1OC2. The number of fused-ring (bicyclic) bond motifs is 3. The third kappa shape index (κ3) is 5.19. The van der Waals surface area contributed by atoms with Crippen LogP contribution < -0.4 is 14.8 Å². The number of rotatable bonds is 10. The van der Waals surface area contributed by atoms with Crippen molar-refractivity contribution in [1.29, 1.82) is 0 Å². The molecule has 1 N–H and O–H groups in total. The number of ether oxygens (including phenoxy) is 3. The topological polar surface area (TPSA) is 107 Å². The molecule has 1 aromatic carbocycles. The highest BCUT2D eigenvalue weighted by Gasteiger charge is 2.32. The zero-order valence-corrected chi connectivity index (χ0v) is 22.8. The van der Waals surface area contributed by atoms with Gasteiger partial charge in [-0.2, -0.15) is 5.10 Å². The van der Waals surface area contributed by atoms with E-state index in [1.807, 2.05) is 36.8 Å². The van der Waals surface area contributed by atoms with E-state index < -0.39 is 0 Å². The lowest BCUT2D eigenvalue weighted by Gasteiger charge is -2.22. The highest BCUT2D eigenvalue weighted by atomic mass is 32.2. The van der Waals surface area contributed by atoms with Crippen LogP contribution in [0.5, 0.6) is 11.5 Å². The van der Waals surface area contributed by atoms with Crippen molar-refractivity contribution in [3.63, 3.8) is 0 Å². The minimum absolute atomic E-state index is 0.155. The summed E-state index contributed by atoms with van der Waals surface area (Å²) in [6.07, 6.45) is 6.99. The zero-order valence-electron chi connectivity index (χ0n) is 21.9. The molecule has 38 heavy (non-hydrogen) atoms. The van der Waals surface area contributed by atoms with Gasteiger partial charge in [-0.15, -0.1) is 11.8 Å². The van der Waals surface area contributed by atoms with Crippen LogP contribution in [0.25, 0.3) is 22.5 Å². The Hall–Kier alpha value is -3.99. The van der Waals surface area contributed by atoms with Gasteiger partial charge in [-0.25, -0.2) is 9.48 Å². The van der Waals surface area contributed by atoms with Gasteiger partial charge < -0.3 is 24.4 Å². The molecule has 2 amide bonds. The van der Waals surface area contributed by atoms with Gasteiger partial charge in [-0.3, -0.25) is 9.79 Å². The second kappa shape index (κ2) is 12.0. The molecule has 2 aliphatic rings.